The smallest absolute Gasteiger partial charge is 0.234 e. The monoisotopic (exact) mass is 418 g/mol. The molecule has 6 heteroatoms. The predicted molar refractivity (Wildman–Crippen MR) is 119 cm³/mol. The van der Waals surface area contributed by atoms with Crippen LogP contribution in [0.15, 0.2) is 83.9 Å². The van der Waals surface area contributed by atoms with Gasteiger partial charge in [0.05, 0.1) is 23.4 Å². The number of nitrogens with zero attached hydrogens (tertiary/aromatic N) is 1. The predicted octanol–water partition coefficient (Wildman–Crippen LogP) is 5.78. The summed E-state index contributed by atoms with van der Waals surface area (Å²) in [7, 11) is 1.62. The molecular weight excluding hydrogens is 399 g/mol. The quantitative estimate of drug-likeness (QED) is 0.403. The number of benzene rings is 3. The number of carbonyl (C=O) groups excluding carboxylic acids is 1. The zero-order chi connectivity index (χ0) is 20.9. The largest absolute Gasteiger partial charge is 0.497 e. The second-order valence-electron chi connectivity index (χ2n) is 6.60. The molecule has 0 spiro atoms. The number of anilines is 1. The Balaban J connectivity index is 1.61. The van der Waals surface area contributed by atoms with Crippen molar-refractivity contribution in [3.05, 3.63) is 84.7 Å². The maximum absolute atomic E-state index is 13.3. The number of hydrogen-bond acceptors (Lipinski definition) is 4. The third-order valence-corrected chi connectivity index (χ3v) is 5.45. The number of hydrogen-bond donors (Lipinski definition) is 1. The molecule has 4 aromatic rings. The average Bonchev–Trinajstić information content (AvgIpc) is 2.77. The summed E-state index contributed by atoms with van der Waals surface area (Å²) < 4.78 is 18.6. The number of carbonyl (C=O) groups is 1. The Morgan fingerprint density at radius 3 is 2.63 bits per heavy atom. The van der Waals surface area contributed by atoms with E-state index in [1.165, 1.54) is 23.9 Å². The van der Waals surface area contributed by atoms with Crippen molar-refractivity contribution < 1.29 is 13.9 Å². The number of aromatic nitrogens is 1. The number of ether oxygens (including phenoxy) is 1. The molecule has 0 unspecified atom stereocenters. The summed E-state index contributed by atoms with van der Waals surface area (Å²) in [6.07, 6.45) is 0. The second kappa shape index (κ2) is 8.97. The molecule has 1 aromatic heterocycles. The van der Waals surface area contributed by atoms with Gasteiger partial charge in [0.25, 0.3) is 0 Å². The fourth-order valence-corrected chi connectivity index (χ4v) is 3.86. The highest BCUT2D eigenvalue weighted by molar-refractivity contribution is 7.99. The summed E-state index contributed by atoms with van der Waals surface area (Å²) in [5, 5.41) is 4.44. The van der Waals surface area contributed by atoms with Crippen LogP contribution in [0.1, 0.15) is 0 Å². The molecule has 4 nitrogen and oxygen atoms in total. The van der Waals surface area contributed by atoms with Gasteiger partial charge >= 0.3 is 0 Å². The lowest BCUT2D eigenvalue weighted by Gasteiger charge is -2.11. The molecule has 0 fully saturated rings. The molecule has 0 aliphatic rings. The van der Waals surface area contributed by atoms with E-state index in [9.17, 15) is 9.18 Å². The molecule has 0 aliphatic heterocycles. The molecule has 0 saturated heterocycles. The van der Waals surface area contributed by atoms with Gasteiger partial charge in [-0.05, 0) is 47.5 Å². The molecule has 0 saturated carbocycles. The van der Waals surface area contributed by atoms with Gasteiger partial charge in [-0.15, -0.1) is 0 Å². The Kier molecular flexibility index (Phi) is 5.95. The zero-order valence-corrected chi connectivity index (χ0v) is 17.1. The third kappa shape index (κ3) is 4.60. The number of halogens is 1. The van der Waals surface area contributed by atoms with Crippen LogP contribution in [0.2, 0.25) is 0 Å². The summed E-state index contributed by atoms with van der Waals surface area (Å²) >= 11 is 1.33. The lowest BCUT2D eigenvalue weighted by Crippen LogP contribution is -2.14. The Morgan fingerprint density at radius 2 is 1.87 bits per heavy atom. The van der Waals surface area contributed by atoms with E-state index in [0.717, 1.165) is 32.8 Å². The normalized spacial score (nSPS) is 10.7. The first kappa shape index (κ1) is 19.9. The molecule has 0 aliphatic carbocycles. The van der Waals surface area contributed by atoms with Gasteiger partial charge in [-0.25, -0.2) is 9.37 Å². The van der Waals surface area contributed by atoms with Gasteiger partial charge in [0.15, 0.2) is 0 Å². The molecule has 1 amide bonds. The summed E-state index contributed by atoms with van der Waals surface area (Å²) in [4.78, 5) is 17.0. The standard InChI is InChI=1S/C24H19FN2O2S/c1-29-19-10-11-20-21(16-6-3-2-4-7-16)14-24(27-22(20)13-19)30-15-23(28)26-18-9-5-8-17(25)12-18/h2-14H,15H2,1H3,(H,26,28). The fraction of sp³-hybridized carbons (Fsp3) is 0.0833. The van der Waals surface area contributed by atoms with Crippen LogP contribution in [-0.4, -0.2) is 23.8 Å². The minimum absolute atomic E-state index is 0.160. The van der Waals surface area contributed by atoms with Crippen molar-refractivity contribution in [1.82, 2.24) is 4.98 Å². The number of methoxy groups -OCH3 is 1. The molecule has 30 heavy (non-hydrogen) atoms. The van der Waals surface area contributed by atoms with Crippen LogP contribution in [0.5, 0.6) is 5.75 Å². The van der Waals surface area contributed by atoms with Gasteiger partial charge in [0, 0.05) is 17.1 Å². The molecular formula is C24H19FN2O2S. The molecule has 3 aromatic carbocycles. The Bertz CT molecular complexity index is 1200. The Labute approximate surface area is 178 Å². The van der Waals surface area contributed by atoms with Crippen LogP contribution in [0.3, 0.4) is 0 Å². The third-order valence-electron chi connectivity index (χ3n) is 4.54. The number of pyridine rings is 1. The fourth-order valence-electron chi connectivity index (χ4n) is 3.14. The number of amides is 1. The Hall–Kier alpha value is -3.38. The highest BCUT2D eigenvalue weighted by Gasteiger charge is 2.11. The van der Waals surface area contributed by atoms with Gasteiger partial charge < -0.3 is 10.1 Å². The number of fused-ring (bicyclic) bond motifs is 1. The van der Waals surface area contributed by atoms with Gasteiger partial charge in [-0.2, -0.15) is 0 Å². The van der Waals surface area contributed by atoms with Crippen molar-refractivity contribution in [3.63, 3.8) is 0 Å². The van der Waals surface area contributed by atoms with Crippen molar-refractivity contribution in [2.45, 2.75) is 5.03 Å². The first-order valence-corrected chi connectivity index (χ1v) is 10.3. The maximum Gasteiger partial charge on any atom is 0.234 e. The van der Waals surface area contributed by atoms with E-state index in [0.29, 0.717) is 5.69 Å². The number of rotatable bonds is 6. The molecule has 150 valence electrons. The van der Waals surface area contributed by atoms with Gasteiger partial charge in [-0.3, -0.25) is 4.79 Å². The van der Waals surface area contributed by atoms with E-state index in [1.807, 2.05) is 54.6 Å². The molecule has 0 atom stereocenters. The van der Waals surface area contributed by atoms with E-state index in [1.54, 1.807) is 19.2 Å². The molecule has 4 rings (SSSR count). The van der Waals surface area contributed by atoms with Crippen molar-refractivity contribution in [2.24, 2.45) is 0 Å². The van der Waals surface area contributed by atoms with E-state index >= 15 is 0 Å². The van der Waals surface area contributed by atoms with Gasteiger partial charge in [-0.1, -0.05) is 48.2 Å². The van der Waals surface area contributed by atoms with E-state index in [4.69, 9.17) is 9.72 Å². The first-order valence-electron chi connectivity index (χ1n) is 9.35. The molecule has 1 N–H and O–H groups in total. The zero-order valence-electron chi connectivity index (χ0n) is 16.3. The molecule has 1 heterocycles. The first-order chi connectivity index (χ1) is 14.6. The van der Waals surface area contributed by atoms with E-state index < -0.39 is 5.82 Å². The van der Waals surface area contributed by atoms with E-state index in [-0.39, 0.29) is 11.7 Å². The Morgan fingerprint density at radius 1 is 1.03 bits per heavy atom. The van der Waals surface area contributed by atoms with Crippen molar-refractivity contribution >= 4 is 34.3 Å². The van der Waals surface area contributed by atoms with Crippen LogP contribution >= 0.6 is 11.8 Å². The summed E-state index contributed by atoms with van der Waals surface area (Å²) in [5.41, 5.74) is 3.34. The van der Waals surface area contributed by atoms with Crippen LogP contribution in [0, 0.1) is 5.82 Å². The molecule has 0 radical (unpaired) electrons. The SMILES string of the molecule is COc1ccc2c(-c3ccccc3)cc(SCC(=O)Nc3cccc(F)c3)nc2c1. The van der Waals surface area contributed by atoms with Crippen molar-refractivity contribution in [3.8, 4) is 16.9 Å². The lowest BCUT2D eigenvalue weighted by molar-refractivity contribution is -0.113. The lowest BCUT2D eigenvalue weighted by atomic mass is 10.0. The highest BCUT2D eigenvalue weighted by atomic mass is 32.2. The van der Waals surface area contributed by atoms with Crippen LogP contribution < -0.4 is 10.1 Å². The second-order valence-corrected chi connectivity index (χ2v) is 7.60. The van der Waals surface area contributed by atoms with Crippen molar-refractivity contribution in [2.75, 3.05) is 18.2 Å². The minimum Gasteiger partial charge on any atom is -0.497 e. The summed E-state index contributed by atoms with van der Waals surface area (Å²) in [6, 6.07) is 23.7. The average molecular weight is 418 g/mol. The van der Waals surface area contributed by atoms with E-state index in [2.05, 4.69) is 5.32 Å². The number of nitrogens with one attached hydrogen (secondary N) is 1. The maximum atomic E-state index is 13.3. The number of thioether (sulfide) groups is 1. The topological polar surface area (TPSA) is 51.2 Å². The summed E-state index contributed by atoms with van der Waals surface area (Å²) in [5.74, 6) is 0.269. The minimum atomic E-state index is -0.391. The van der Waals surface area contributed by atoms with Crippen LogP contribution in [0.4, 0.5) is 10.1 Å². The van der Waals surface area contributed by atoms with Crippen LogP contribution in [0.25, 0.3) is 22.0 Å². The van der Waals surface area contributed by atoms with Gasteiger partial charge in [0.1, 0.15) is 11.6 Å². The molecule has 0 bridgehead atoms. The summed E-state index contributed by atoms with van der Waals surface area (Å²) in [6.45, 7) is 0. The highest BCUT2D eigenvalue weighted by Crippen LogP contribution is 2.33. The van der Waals surface area contributed by atoms with Gasteiger partial charge in [0.2, 0.25) is 5.91 Å². The van der Waals surface area contributed by atoms with Crippen molar-refractivity contribution in [1.29, 1.82) is 0 Å². The van der Waals surface area contributed by atoms with Crippen LogP contribution in [-0.2, 0) is 4.79 Å².